The number of benzene rings is 1. The Balaban J connectivity index is 2.92. The predicted molar refractivity (Wildman–Crippen MR) is 64.1 cm³/mol. The smallest absolute Gasteiger partial charge is 0.125 e. The fraction of sp³-hybridized carbons (Fsp3) is 0.385. The maximum Gasteiger partial charge on any atom is 0.125 e. The van der Waals surface area contributed by atoms with Crippen LogP contribution in [0.15, 0.2) is 24.3 Å². The van der Waals surface area contributed by atoms with Crippen LogP contribution in [0.4, 0.5) is 0 Å². The van der Waals surface area contributed by atoms with Crippen molar-refractivity contribution in [1.82, 2.24) is 0 Å². The summed E-state index contributed by atoms with van der Waals surface area (Å²) >= 11 is 0. The van der Waals surface area contributed by atoms with Gasteiger partial charge in [-0.05, 0) is 43.0 Å². The van der Waals surface area contributed by atoms with Crippen molar-refractivity contribution in [2.75, 3.05) is 6.61 Å². The average Bonchev–Trinajstić information content (AvgIpc) is 2.15. The molecule has 0 unspecified atom stereocenters. The van der Waals surface area contributed by atoms with Crippen molar-refractivity contribution >= 4 is 0 Å². The van der Waals surface area contributed by atoms with Gasteiger partial charge < -0.3 is 10.5 Å². The fourth-order valence-corrected chi connectivity index (χ4v) is 1.58. The number of hydrogen-bond acceptors (Lipinski definition) is 2. The van der Waals surface area contributed by atoms with E-state index in [9.17, 15) is 0 Å². The molecule has 0 amide bonds. The van der Waals surface area contributed by atoms with Crippen LogP contribution in [-0.4, -0.2) is 6.61 Å². The first-order valence-electron chi connectivity index (χ1n) is 5.12. The van der Waals surface area contributed by atoms with E-state index in [1.807, 2.05) is 20.8 Å². The first-order valence-corrected chi connectivity index (χ1v) is 5.12. The summed E-state index contributed by atoms with van der Waals surface area (Å²) in [7, 11) is 0. The van der Waals surface area contributed by atoms with Crippen molar-refractivity contribution in [3.8, 4) is 5.75 Å². The Morgan fingerprint density at radius 2 is 1.87 bits per heavy atom. The van der Waals surface area contributed by atoms with E-state index in [2.05, 4.69) is 18.7 Å². The summed E-state index contributed by atoms with van der Waals surface area (Å²) in [5, 5.41) is 0. The van der Waals surface area contributed by atoms with E-state index in [0.717, 1.165) is 28.0 Å². The number of aryl methyl sites for hydroxylation is 2. The van der Waals surface area contributed by atoms with Gasteiger partial charge in [-0.15, -0.1) is 0 Å². The standard InChI is InChI=1S/C13H19NO/c1-9(2)8-15-13-10(3)5-12(7-14)6-11(13)4/h5-6H,1,7-8,14H2,2-4H3. The van der Waals surface area contributed by atoms with E-state index in [0.29, 0.717) is 13.2 Å². The van der Waals surface area contributed by atoms with Gasteiger partial charge in [-0.2, -0.15) is 0 Å². The van der Waals surface area contributed by atoms with Crippen LogP contribution in [0.1, 0.15) is 23.6 Å². The Kier molecular flexibility index (Phi) is 3.92. The van der Waals surface area contributed by atoms with E-state index in [1.54, 1.807) is 0 Å². The molecular formula is C13H19NO. The van der Waals surface area contributed by atoms with Crippen LogP contribution in [0.3, 0.4) is 0 Å². The van der Waals surface area contributed by atoms with Crippen LogP contribution in [0.5, 0.6) is 5.75 Å². The molecule has 1 rings (SSSR count). The molecule has 0 saturated carbocycles. The minimum Gasteiger partial charge on any atom is -0.489 e. The second kappa shape index (κ2) is 4.99. The Hall–Kier alpha value is -1.28. The lowest BCUT2D eigenvalue weighted by Gasteiger charge is -2.13. The highest BCUT2D eigenvalue weighted by atomic mass is 16.5. The highest BCUT2D eigenvalue weighted by Gasteiger charge is 2.05. The third kappa shape index (κ3) is 3.10. The van der Waals surface area contributed by atoms with Gasteiger partial charge in [0.15, 0.2) is 0 Å². The lowest BCUT2D eigenvalue weighted by molar-refractivity contribution is 0.347. The number of hydrogen-bond donors (Lipinski definition) is 1. The highest BCUT2D eigenvalue weighted by Crippen LogP contribution is 2.24. The van der Waals surface area contributed by atoms with Crippen LogP contribution in [0, 0.1) is 13.8 Å². The van der Waals surface area contributed by atoms with Crippen molar-refractivity contribution in [3.63, 3.8) is 0 Å². The third-order valence-electron chi connectivity index (χ3n) is 2.22. The zero-order valence-electron chi connectivity index (χ0n) is 9.76. The number of ether oxygens (including phenoxy) is 1. The third-order valence-corrected chi connectivity index (χ3v) is 2.22. The number of rotatable bonds is 4. The second-order valence-electron chi connectivity index (χ2n) is 4.01. The summed E-state index contributed by atoms with van der Waals surface area (Å²) in [5.74, 6) is 0.954. The van der Waals surface area contributed by atoms with Gasteiger partial charge in [0.2, 0.25) is 0 Å². The van der Waals surface area contributed by atoms with Gasteiger partial charge in [0.1, 0.15) is 12.4 Å². The topological polar surface area (TPSA) is 35.2 Å². The molecule has 0 heterocycles. The molecule has 0 radical (unpaired) electrons. The van der Waals surface area contributed by atoms with E-state index in [1.165, 1.54) is 0 Å². The lowest BCUT2D eigenvalue weighted by Crippen LogP contribution is -2.03. The van der Waals surface area contributed by atoms with Crippen molar-refractivity contribution in [2.24, 2.45) is 5.73 Å². The number of nitrogens with two attached hydrogens (primary N) is 1. The van der Waals surface area contributed by atoms with Crippen molar-refractivity contribution in [1.29, 1.82) is 0 Å². The Bertz CT molecular complexity index is 346. The monoisotopic (exact) mass is 205 g/mol. The molecule has 0 aromatic heterocycles. The van der Waals surface area contributed by atoms with Crippen molar-refractivity contribution in [2.45, 2.75) is 27.3 Å². The van der Waals surface area contributed by atoms with Gasteiger partial charge in [0.05, 0.1) is 0 Å². The molecule has 2 N–H and O–H groups in total. The molecule has 0 aliphatic rings. The molecule has 0 aliphatic carbocycles. The average molecular weight is 205 g/mol. The van der Waals surface area contributed by atoms with E-state index >= 15 is 0 Å². The molecule has 0 saturated heterocycles. The van der Waals surface area contributed by atoms with Crippen LogP contribution in [0.25, 0.3) is 0 Å². The van der Waals surface area contributed by atoms with Crippen molar-refractivity contribution in [3.05, 3.63) is 41.0 Å². The second-order valence-corrected chi connectivity index (χ2v) is 4.01. The quantitative estimate of drug-likeness (QED) is 0.767. The molecule has 0 spiro atoms. The fourth-order valence-electron chi connectivity index (χ4n) is 1.58. The predicted octanol–water partition coefficient (Wildman–Crippen LogP) is 2.72. The minimum atomic E-state index is 0.572. The Morgan fingerprint density at radius 3 is 2.27 bits per heavy atom. The first kappa shape index (κ1) is 11.8. The molecule has 82 valence electrons. The van der Waals surface area contributed by atoms with Gasteiger partial charge in [-0.3, -0.25) is 0 Å². The van der Waals surface area contributed by atoms with Gasteiger partial charge in [-0.25, -0.2) is 0 Å². The van der Waals surface area contributed by atoms with Crippen LogP contribution < -0.4 is 10.5 Å². The first-order chi connectivity index (χ1) is 7.04. The summed E-state index contributed by atoms with van der Waals surface area (Å²) in [4.78, 5) is 0. The molecular weight excluding hydrogens is 186 g/mol. The maximum absolute atomic E-state index is 5.69. The van der Waals surface area contributed by atoms with E-state index < -0.39 is 0 Å². The molecule has 0 fully saturated rings. The molecule has 15 heavy (non-hydrogen) atoms. The zero-order chi connectivity index (χ0) is 11.4. The normalized spacial score (nSPS) is 10.1. The Morgan fingerprint density at radius 1 is 1.33 bits per heavy atom. The molecule has 0 aliphatic heterocycles. The molecule has 1 aromatic rings. The maximum atomic E-state index is 5.69. The van der Waals surface area contributed by atoms with E-state index in [4.69, 9.17) is 10.5 Å². The zero-order valence-corrected chi connectivity index (χ0v) is 9.76. The highest BCUT2D eigenvalue weighted by molar-refractivity contribution is 5.43. The van der Waals surface area contributed by atoms with Crippen molar-refractivity contribution < 1.29 is 4.74 Å². The summed E-state index contributed by atoms with van der Waals surface area (Å²) in [6.45, 7) is 11.0. The lowest BCUT2D eigenvalue weighted by atomic mass is 10.1. The summed E-state index contributed by atoms with van der Waals surface area (Å²) in [5.41, 5.74) is 10.0. The van der Waals surface area contributed by atoms with Gasteiger partial charge in [-0.1, -0.05) is 18.7 Å². The minimum absolute atomic E-state index is 0.572. The molecule has 0 bridgehead atoms. The molecule has 0 atom stereocenters. The molecule has 2 heteroatoms. The summed E-state index contributed by atoms with van der Waals surface area (Å²) in [6, 6.07) is 4.14. The summed E-state index contributed by atoms with van der Waals surface area (Å²) < 4.78 is 5.69. The van der Waals surface area contributed by atoms with Gasteiger partial charge >= 0.3 is 0 Å². The van der Waals surface area contributed by atoms with Crippen LogP contribution in [-0.2, 0) is 6.54 Å². The summed E-state index contributed by atoms with van der Waals surface area (Å²) in [6.07, 6.45) is 0. The van der Waals surface area contributed by atoms with Crippen LogP contribution >= 0.6 is 0 Å². The molecule has 1 aromatic carbocycles. The van der Waals surface area contributed by atoms with Gasteiger partial charge in [0, 0.05) is 6.54 Å². The Labute approximate surface area is 91.7 Å². The van der Waals surface area contributed by atoms with E-state index in [-0.39, 0.29) is 0 Å². The molecule has 2 nitrogen and oxygen atoms in total. The van der Waals surface area contributed by atoms with Gasteiger partial charge in [0.25, 0.3) is 0 Å². The SMILES string of the molecule is C=C(C)COc1c(C)cc(CN)cc1C. The largest absolute Gasteiger partial charge is 0.489 e. The van der Waals surface area contributed by atoms with Crippen LogP contribution in [0.2, 0.25) is 0 Å².